The normalized spacial score (nSPS) is 11.6. The number of hydrogen-bond donors (Lipinski definition) is 0. The van der Waals surface area contributed by atoms with Crippen LogP contribution in [0.5, 0.6) is 0 Å². The quantitative estimate of drug-likeness (QED) is 0.721. The summed E-state index contributed by atoms with van der Waals surface area (Å²) < 4.78 is 0. The highest BCUT2D eigenvalue weighted by Crippen LogP contribution is 2.30. The molecular weight excluding hydrogens is 204 g/mol. The molecule has 1 rings (SSSR count). The van der Waals surface area contributed by atoms with Crippen molar-refractivity contribution in [3.05, 3.63) is 10.0 Å². The molecule has 15 heavy (non-hydrogen) atoms. The second-order valence-corrected chi connectivity index (χ2v) is 5.45. The van der Waals surface area contributed by atoms with Gasteiger partial charge in [-0.2, -0.15) is 0 Å². The molecule has 1 heterocycles. The van der Waals surface area contributed by atoms with Crippen LogP contribution in [0.15, 0.2) is 0 Å². The Kier molecular flexibility index (Phi) is 5.23. The first-order valence-corrected chi connectivity index (χ1v) is 6.83. The summed E-state index contributed by atoms with van der Waals surface area (Å²) in [5, 5.41) is 11.0. The van der Waals surface area contributed by atoms with Crippen LogP contribution in [0, 0.1) is 0 Å². The van der Waals surface area contributed by atoms with E-state index in [1.807, 2.05) is 0 Å². The second-order valence-electron chi connectivity index (χ2n) is 4.41. The van der Waals surface area contributed by atoms with Crippen LogP contribution in [0.3, 0.4) is 0 Å². The predicted molar refractivity (Wildman–Crippen MR) is 66.6 cm³/mol. The maximum Gasteiger partial charge on any atom is 0.120 e. The molecule has 2 nitrogen and oxygen atoms in total. The van der Waals surface area contributed by atoms with Gasteiger partial charge in [0, 0.05) is 11.8 Å². The summed E-state index contributed by atoms with van der Waals surface area (Å²) in [4.78, 5) is 0. The zero-order valence-electron chi connectivity index (χ0n) is 10.3. The van der Waals surface area contributed by atoms with Gasteiger partial charge in [-0.15, -0.1) is 21.5 Å². The van der Waals surface area contributed by atoms with E-state index in [0.29, 0.717) is 11.8 Å². The number of nitrogens with zero attached hydrogens (tertiary/aromatic N) is 2. The van der Waals surface area contributed by atoms with Crippen LogP contribution in [-0.4, -0.2) is 10.2 Å². The standard InChI is InChI=1S/C12H22N2S/c1-5-7-10(8-6-2)12-14-13-11(15-12)9(3)4/h9-10H,5-8H2,1-4H3. The highest BCUT2D eigenvalue weighted by molar-refractivity contribution is 7.11. The molecule has 1 aromatic heterocycles. The molecule has 0 atom stereocenters. The molecule has 0 amide bonds. The minimum atomic E-state index is 0.514. The van der Waals surface area contributed by atoms with Gasteiger partial charge in [0.05, 0.1) is 0 Å². The summed E-state index contributed by atoms with van der Waals surface area (Å²) in [7, 11) is 0. The van der Waals surface area contributed by atoms with Gasteiger partial charge in [0.15, 0.2) is 0 Å². The fourth-order valence-corrected chi connectivity index (χ4v) is 2.75. The highest BCUT2D eigenvalue weighted by atomic mass is 32.1. The number of aromatic nitrogens is 2. The van der Waals surface area contributed by atoms with Crippen LogP contribution in [0.4, 0.5) is 0 Å². The lowest BCUT2D eigenvalue weighted by Crippen LogP contribution is -1.97. The van der Waals surface area contributed by atoms with E-state index in [0.717, 1.165) is 0 Å². The van der Waals surface area contributed by atoms with Crippen LogP contribution < -0.4 is 0 Å². The summed E-state index contributed by atoms with van der Waals surface area (Å²) in [6, 6.07) is 0. The van der Waals surface area contributed by atoms with Gasteiger partial charge in [-0.1, -0.05) is 40.5 Å². The first-order valence-electron chi connectivity index (χ1n) is 6.02. The summed E-state index contributed by atoms with van der Waals surface area (Å²) in [5.74, 6) is 1.16. The molecule has 0 saturated heterocycles. The smallest absolute Gasteiger partial charge is 0.120 e. The maximum atomic E-state index is 4.34. The minimum absolute atomic E-state index is 0.514. The Morgan fingerprint density at radius 1 is 1.00 bits per heavy atom. The van der Waals surface area contributed by atoms with Gasteiger partial charge in [0.2, 0.25) is 0 Å². The molecular formula is C12H22N2S. The average molecular weight is 226 g/mol. The zero-order valence-corrected chi connectivity index (χ0v) is 11.1. The minimum Gasteiger partial charge on any atom is -0.143 e. The molecule has 0 N–H and O–H groups in total. The van der Waals surface area contributed by atoms with Crippen molar-refractivity contribution in [2.75, 3.05) is 0 Å². The van der Waals surface area contributed by atoms with Crippen LogP contribution in [0.1, 0.15) is 75.2 Å². The van der Waals surface area contributed by atoms with Crippen LogP contribution in [0.2, 0.25) is 0 Å². The Morgan fingerprint density at radius 2 is 1.53 bits per heavy atom. The molecule has 86 valence electrons. The Bertz CT molecular complexity index is 275. The van der Waals surface area contributed by atoms with Crippen LogP contribution >= 0.6 is 11.3 Å². The second kappa shape index (κ2) is 6.21. The Hall–Kier alpha value is -0.440. The van der Waals surface area contributed by atoms with Crippen LogP contribution in [-0.2, 0) is 0 Å². The van der Waals surface area contributed by atoms with E-state index in [2.05, 4.69) is 37.9 Å². The summed E-state index contributed by atoms with van der Waals surface area (Å²) >= 11 is 1.81. The molecule has 0 aromatic carbocycles. The van der Waals surface area contributed by atoms with E-state index in [1.165, 1.54) is 35.7 Å². The topological polar surface area (TPSA) is 25.8 Å². The molecule has 1 aromatic rings. The molecule has 0 aliphatic carbocycles. The molecule has 0 fully saturated rings. The maximum absolute atomic E-state index is 4.34. The van der Waals surface area contributed by atoms with Crippen molar-refractivity contribution in [3.8, 4) is 0 Å². The summed E-state index contributed by atoms with van der Waals surface area (Å²) in [6.07, 6.45) is 4.98. The van der Waals surface area contributed by atoms with Crippen molar-refractivity contribution in [1.29, 1.82) is 0 Å². The fourth-order valence-electron chi connectivity index (χ4n) is 1.73. The predicted octanol–water partition coefficient (Wildman–Crippen LogP) is 4.35. The van der Waals surface area contributed by atoms with Gasteiger partial charge in [-0.3, -0.25) is 0 Å². The van der Waals surface area contributed by atoms with E-state index in [1.54, 1.807) is 11.3 Å². The van der Waals surface area contributed by atoms with Crippen molar-refractivity contribution in [2.24, 2.45) is 0 Å². The Balaban J connectivity index is 2.72. The van der Waals surface area contributed by atoms with E-state index < -0.39 is 0 Å². The van der Waals surface area contributed by atoms with Crippen LogP contribution in [0.25, 0.3) is 0 Å². The number of hydrogen-bond acceptors (Lipinski definition) is 3. The van der Waals surface area contributed by atoms with Gasteiger partial charge < -0.3 is 0 Å². The van der Waals surface area contributed by atoms with E-state index in [4.69, 9.17) is 0 Å². The summed E-state index contributed by atoms with van der Waals surface area (Å²) in [6.45, 7) is 8.85. The third kappa shape index (κ3) is 3.56. The molecule has 0 bridgehead atoms. The fraction of sp³-hybridized carbons (Fsp3) is 0.833. The molecule has 0 radical (unpaired) electrons. The molecule has 0 saturated carbocycles. The van der Waals surface area contributed by atoms with Crippen molar-refractivity contribution < 1.29 is 0 Å². The summed E-state index contributed by atoms with van der Waals surface area (Å²) in [5.41, 5.74) is 0. The van der Waals surface area contributed by atoms with Gasteiger partial charge in [-0.05, 0) is 12.8 Å². The largest absolute Gasteiger partial charge is 0.143 e. The van der Waals surface area contributed by atoms with E-state index >= 15 is 0 Å². The van der Waals surface area contributed by atoms with Gasteiger partial charge in [0.1, 0.15) is 10.0 Å². The zero-order chi connectivity index (χ0) is 11.3. The van der Waals surface area contributed by atoms with Gasteiger partial charge >= 0.3 is 0 Å². The molecule has 0 aliphatic rings. The molecule has 0 spiro atoms. The van der Waals surface area contributed by atoms with Crippen molar-refractivity contribution in [2.45, 2.75) is 65.2 Å². The third-order valence-corrected chi connectivity index (χ3v) is 3.96. The van der Waals surface area contributed by atoms with Gasteiger partial charge in [-0.25, -0.2) is 0 Å². The van der Waals surface area contributed by atoms with Crippen molar-refractivity contribution in [1.82, 2.24) is 10.2 Å². The Labute approximate surface area is 97.1 Å². The van der Waals surface area contributed by atoms with Gasteiger partial charge in [0.25, 0.3) is 0 Å². The molecule has 0 aliphatic heterocycles. The first-order chi connectivity index (χ1) is 7.19. The number of rotatable bonds is 6. The van der Waals surface area contributed by atoms with Crippen molar-refractivity contribution >= 4 is 11.3 Å². The third-order valence-electron chi connectivity index (χ3n) is 2.57. The lowest BCUT2D eigenvalue weighted by Gasteiger charge is -2.10. The molecule has 0 unspecified atom stereocenters. The lowest BCUT2D eigenvalue weighted by molar-refractivity contribution is 0.554. The highest BCUT2D eigenvalue weighted by Gasteiger charge is 2.16. The Morgan fingerprint density at radius 3 is 1.93 bits per heavy atom. The monoisotopic (exact) mass is 226 g/mol. The van der Waals surface area contributed by atoms with Crippen molar-refractivity contribution in [3.63, 3.8) is 0 Å². The SMILES string of the molecule is CCCC(CCC)c1nnc(C(C)C)s1. The average Bonchev–Trinajstić information content (AvgIpc) is 2.66. The van der Waals surface area contributed by atoms with E-state index in [-0.39, 0.29) is 0 Å². The lowest BCUT2D eigenvalue weighted by atomic mass is 9.99. The first kappa shape index (κ1) is 12.6. The molecule has 3 heteroatoms. The van der Waals surface area contributed by atoms with E-state index in [9.17, 15) is 0 Å².